The van der Waals surface area contributed by atoms with Crippen LogP contribution < -0.4 is 0 Å². The number of rotatable bonds is 3. The predicted molar refractivity (Wildman–Crippen MR) is 52.4 cm³/mol. The third-order valence-electron chi connectivity index (χ3n) is 1.64. The van der Waals surface area contributed by atoms with E-state index in [0.29, 0.717) is 0 Å². The molecule has 80 valence electrons. The van der Waals surface area contributed by atoms with Crippen molar-refractivity contribution in [3.8, 4) is 0 Å². The molecule has 0 saturated heterocycles. The van der Waals surface area contributed by atoms with E-state index in [9.17, 15) is 14.0 Å². The Morgan fingerprint density at radius 1 is 1.47 bits per heavy atom. The molecule has 0 aliphatic heterocycles. The lowest BCUT2D eigenvalue weighted by Gasteiger charge is -2.02. The van der Waals surface area contributed by atoms with E-state index in [1.165, 1.54) is 0 Å². The number of Topliss-reactive ketones (excluding diaryl/α,β-unsaturated/α-hetero) is 1. The Balaban J connectivity index is 2.96. The molecule has 0 heterocycles. The number of carbonyl (C=O) groups is 2. The predicted octanol–water partition coefficient (Wildman–Crippen LogP) is 2.22. The molecular formula is C10H8ClFO3. The second-order valence-corrected chi connectivity index (χ2v) is 3.08. The fraction of sp³-hybridized carbons (Fsp3) is 0.200. The van der Waals surface area contributed by atoms with Gasteiger partial charge in [0.1, 0.15) is 5.82 Å². The standard InChI is InChI=1S/C10H8ClFO3/c1-2-15-10(14)9(13)7-4-3-6(12)5-8(7)11/h3-5H,2H2,1H3. The van der Waals surface area contributed by atoms with Crippen molar-refractivity contribution in [2.45, 2.75) is 6.92 Å². The molecule has 0 atom stereocenters. The second kappa shape index (κ2) is 4.89. The molecule has 15 heavy (non-hydrogen) atoms. The average Bonchev–Trinajstić information content (AvgIpc) is 2.17. The van der Waals surface area contributed by atoms with Crippen molar-refractivity contribution in [2.24, 2.45) is 0 Å². The summed E-state index contributed by atoms with van der Waals surface area (Å²) in [6.45, 7) is 1.68. The van der Waals surface area contributed by atoms with Crippen molar-refractivity contribution in [1.82, 2.24) is 0 Å². The van der Waals surface area contributed by atoms with Crippen LogP contribution in [-0.2, 0) is 9.53 Å². The van der Waals surface area contributed by atoms with Gasteiger partial charge in [-0.1, -0.05) is 11.6 Å². The van der Waals surface area contributed by atoms with Crippen LogP contribution in [-0.4, -0.2) is 18.4 Å². The van der Waals surface area contributed by atoms with Gasteiger partial charge >= 0.3 is 5.97 Å². The number of hydrogen-bond donors (Lipinski definition) is 0. The van der Waals surface area contributed by atoms with Crippen LogP contribution in [0.3, 0.4) is 0 Å². The smallest absolute Gasteiger partial charge is 0.379 e. The number of carbonyl (C=O) groups excluding carboxylic acids is 2. The van der Waals surface area contributed by atoms with Crippen LogP contribution in [0.5, 0.6) is 0 Å². The Morgan fingerprint density at radius 2 is 2.13 bits per heavy atom. The van der Waals surface area contributed by atoms with Crippen LogP contribution in [0.25, 0.3) is 0 Å². The number of ketones is 1. The Hall–Kier alpha value is -1.42. The van der Waals surface area contributed by atoms with E-state index >= 15 is 0 Å². The van der Waals surface area contributed by atoms with E-state index in [4.69, 9.17) is 11.6 Å². The molecule has 1 aromatic rings. The summed E-state index contributed by atoms with van der Waals surface area (Å²) >= 11 is 5.60. The van der Waals surface area contributed by atoms with Crippen LogP contribution in [0.1, 0.15) is 17.3 Å². The minimum Gasteiger partial charge on any atom is -0.460 e. The number of benzene rings is 1. The SMILES string of the molecule is CCOC(=O)C(=O)c1ccc(F)cc1Cl. The van der Waals surface area contributed by atoms with Gasteiger partial charge in [-0.25, -0.2) is 9.18 Å². The topological polar surface area (TPSA) is 43.4 Å². The first-order chi connectivity index (χ1) is 7.06. The van der Waals surface area contributed by atoms with E-state index < -0.39 is 17.6 Å². The maximum absolute atomic E-state index is 12.6. The average molecular weight is 231 g/mol. The van der Waals surface area contributed by atoms with Gasteiger partial charge < -0.3 is 4.74 Å². The molecular weight excluding hydrogens is 223 g/mol. The Kier molecular flexibility index (Phi) is 3.80. The van der Waals surface area contributed by atoms with Gasteiger partial charge in [-0.3, -0.25) is 4.79 Å². The third-order valence-corrected chi connectivity index (χ3v) is 1.95. The quantitative estimate of drug-likeness (QED) is 0.454. The fourth-order valence-corrected chi connectivity index (χ4v) is 1.23. The summed E-state index contributed by atoms with van der Waals surface area (Å²) in [7, 11) is 0. The minimum atomic E-state index is -0.994. The van der Waals surface area contributed by atoms with Gasteiger partial charge in [-0.2, -0.15) is 0 Å². The van der Waals surface area contributed by atoms with Gasteiger partial charge in [0.05, 0.1) is 11.6 Å². The van der Waals surface area contributed by atoms with Gasteiger partial charge in [-0.05, 0) is 25.1 Å². The molecule has 3 nitrogen and oxygen atoms in total. The van der Waals surface area contributed by atoms with Crippen molar-refractivity contribution in [3.05, 3.63) is 34.6 Å². The van der Waals surface area contributed by atoms with Crippen LogP contribution in [0.4, 0.5) is 4.39 Å². The monoisotopic (exact) mass is 230 g/mol. The first kappa shape index (κ1) is 11.7. The molecule has 1 rings (SSSR count). The van der Waals surface area contributed by atoms with Crippen LogP contribution in [0.2, 0.25) is 5.02 Å². The third kappa shape index (κ3) is 2.76. The number of hydrogen-bond acceptors (Lipinski definition) is 3. The Labute approximate surface area is 90.8 Å². The normalized spacial score (nSPS) is 9.80. The zero-order valence-corrected chi connectivity index (χ0v) is 8.68. The lowest BCUT2D eigenvalue weighted by atomic mass is 10.1. The van der Waals surface area contributed by atoms with E-state index in [-0.39, 0.29) is 17.2 Å². The maximum atomic E-state index is 12.6. The Morgan fingerprint density at radius 3 is 2.67 bits per heavy atom. The first-order valence-corrected chi connectivity index (χ1v) is 4.60. The highest BCUT2D eigenvalue weighted by Gasteiger charge is 2.20. The summed E-state index contributed by atoms with van der Waals surface area (Å²) in [6, 6.07) is 3.17. The largest absolute Gasteiger partial charge is 0.460 e. The van der Waals surface area contributed by atoms with Gasteiger partial charge in [0.25, 0.3) is 5.78 Å². The summed E-state index contributed by atoms with van der Waals surface area (Å²) in [5, 5.41) is -0.104. The number of ether oxygens (including phenoxy) is 1. The van der Waals surface area contributed by atoms with Gasteiger partial charge in [0.2, 0.25) is 0 Å². The first-order valence-electron chi connectivity index (χ1n) is 4.22. The molecule has 0 spiro atoms. The van der Waals surface area contributed by atoms with Crippen molar-refractivity contribution in [3.63, 3.8) is 0 Å². The molecule has 5 heteroatoms. The molecule has 0 aromatic heterocycles. The molecule has 0 aliphatic carbocycles. The molecule has 0 saturated carbocycles. The molecule has 0 unspecified atom stereocenters. The number of halogens is 2. The Bertz CT molecular complexity index is 404. The minimum absolute atomic E-state index is 0.0588. The highest BCUT2D eigenvalue weighted by atomic mass is 35.5. The summed E-state index contributed by atoms with van der Waals surface area (Å²) in [5.41, 5.74) is -0.0588. The van der Waals surface area contributed by atoms with Crippen molar-refractivity contribution < 1.29 is 18.7 Å². The van der Waals surface area contributed by atoms with E-state index in [1.54, 1.807) is 6.92 Å². The van der Waals surface area contributed by atoms with Gasteiger partial charge in [0.15, 0.2) is 0 Å². The summed E-state index contributed by atoms with van der Waals surface area (Å²) in [5.74, 6) is -2.44. The van der Waals surface area contributed by atoms with Gasteiger partial charge in [-0.15, -0.1) is 0 Å². The zero-order chi connectivity index (χ0) is 11.4. The second-order valence-electron chi connectivity index (χ2n) is 2.67. The van der Waals surface area contributed by atoms with Crippen LogP contribution in [0.15, 0.2) is 18.2 Å². The van der Waals surface area contributed by atoms with Crippen LogP contribution >= 0.6 is 11.6 Å². The van der Waals surface area contributed by atoms with Crippen molar-refractivity contribution in [1.29, 1.82) is 0 Å². The lowest BCUT2D eigenvalue weighted by molar-refractivity contribution is -0.137. The van der Waals surface area contributed by atoms with E-state index in [1.807, 2.05) is 0 Å². The summed E-state index contributed by atoms with van der Waals surface area (Å²) in [6.07, 6.45) is 0. The molecule has 0 fully saturated rings. The van der Waals surface area contributed by atoms with Crippen molar-refractivity contribution in [2.75, 3.05) is 6.61 Å². The summed E-state index contributed by atoms with van der Waals surface area (Å²) < 4.78 is 17.2. The maximum Gasteiger partial charge on any atom is 0.379 e. The molecule has 0 amide bonds. The zero-order valence-electron chi connectivity index (χ0n) is 7.92. The van der Waals surface area contributed by atoms with Gasteiger partial charge in [0, 0.05) is 5.56 Å². The fourth-order valence-electron chi connectivity index (χ4n) is 0.980. The number of esters is 1. The highest BCUT2D eigenvalue weighted by molar-refractivity contribution is 6.45. The van der Waals surface area contributed by atoms with E-state index in [2.05, 4.69) is 4.74 Å². The molecule has 0 bridgehead atoms. The highest BCUT2D eigenvalue weighted by Crippen LogP contribution is 2.18. The van der Waals surface area contributed by atoms with Crippen LogP contribution in [0, 0.1) is 5.82 Å². The van der Waals surface area contributed by atoms with Crippen molar-refractivity contribution >= 4 is 23.4 Å². The van der Waals surface area contributed by atoms with E-state index in [0.717, 1.165) is 18.2 Å². The summed E-state index contributed by atoms with van der Waals surface area (Å²) in [4.78, 5) is 22.4. The molecule has 0 aliphatic rings. The molecule has 0 N–H and O–H groups in total. The molecule has 1 aromatic carbocycles. The molecule has 0 radical (unpaired) electrons. The lowest BCUT2D eigenvalue weighted by Crippen LogP contribution is -2.17.